The Morgan fingerprint density at radius 1 is 1.09 bits per heavy atom. The predicted octanol–water partition coefficient (Wildman–Crippen LogP) is 4.80. The molecule has 0 spiro atoms. The van der Waals surface area contributed by atoms with E-state index in [-0.39, 0.29) is 5.39 Å². The van der Waals surface area contributed by atoms with Crippen LogP contribution < -0.4 is 10.1 Å². The second-order valence-electron chi connectivity index (χ2n) is 12.0. The summed E-state index contributed by atoms with van der Waals surface area (Å²) >= 11 is 0. The lowest BCUT2D eigenvalue weighted by Crippen LogP contribution is -2.49. The average Bonchev–Trinajstić information content (AvgIpc) is 3.72. The van der Waals surface area contributed by atoms with E-state index >= 15 is 4.39 Å². The van der Waals surface area contributed by atoms with E-state index in [9.17, 15) is 4.79 Å². The summed E-state index contributed by atoms with van der Waals surface area (Å²) in [6.07, 6.45) is 5.62. The summed E-state index contributed by atoms with van der Waals surface area (Å²) < 4.78 is 24.5. The van der Waals surface area contributed by atoms with Gasteiger partial charge in [0.2, 0.25) is 5.95 Å². The summed E-state index contributed by atoms with van der Waals surface area (Å²) in [4.78, 5) is 27.5. The molecular formula is C33H37FN8O2. The molecule has 0 radical (unpaired) electrons. The van der Waals surface area contributed by atoms with E-state index in [0.717, 1.165) is 57.0 Å². The fourth-order valence-electron chi connectivity index (χ4n) is 5.95. The molecule has 2 fully saturated rings. The quantitative estimate of drug-likeness (QED) is 0.248. The second-order valence-corrected chi connectivity index (χ2v) is 12.0. The van der Waals surface area contributed by atoms with Crippen molar-refractivity contribution in [1.29, 1.82) is 0 Å². The highest BCUT2D eigenvalue weighted by Gasteiger charge is 2.25. The average molecular weight is 597 g/mol. The predicted molar refractivity (Wildman–Crippen MR) is 167 cm³/mol. The largest absolute Gasteiger partial charge is 0.492 e. The maximum absolute atomic E-state index is 15.2. The van der Waals surface area contributed by atoms with Crippen molar-refractivity contribution >= 4 is 28.1 Å². The number of benzene rings is 1. The first-order chi connectivity index (χ1) is 21.4. The molecule has 228 valence electrons. The molecule has 44 heavy (non-hydrogen) atoms. The summed E-state index contributed by atoms with van der Waals surface area (Å²) in [5.74, 6) is 0.191. The number of imidazole rings is 1. The molecule has 10 nitrogen and oxygen atoms in total. The van der Waals surface area contributed by atoms with Crippen molar-refractivity contribution in [3.05, 3.63) is 84.0 Å². The molecule has 1 aromatic carbocycles. The van der Waals surface area contributed by atoms with E-state index < -0.39 is 11.9 Å². The molecule has 1 aliphatic carbocycles. The number of hydrogen-bond acceptors (Lipinski definition) is 7. The number of hydrogen-bond donors (Lipinski definition) is 1. The van der Waals surface area contributed by atoms with Gasteiger partial charge in [-0.2, -0.15) is 4.39 Å². The molecule has 1 N–H and O–H groups in total. The number of rotatable bonds is 10. The smallest absolute Gasteiger partial charge is 0.274 e. The van der Waals surface area contributed by atoms with Crippen molar-refractivity contribution < 1.29 is 13.9 Å². The highest BCUT2D eigenvalue weighted by atomic mass is 19.1. The van der Waals surface area contributed by atoms with Crippen LogP contribution in [0, 0.1) is 5.95 Å². The molecule has 0 unspecified atom stereocenters. The fourth-order valence-corrected chi connectivity index (χ4v) is 5.95. The number of carbonyl (C=O) groups excluding carboxylic acids is 1. The summed E-state index contributed by atoms with van der Waals surface area (Å²) in [5, 5.41) is 7.29. The molecule has 1 amide bonds. The number of amides is 1. The Labute approximate surface area is 255 Å². The highest BCUT2D eigenvalue weighted by Crippen LogP contribution is 2.39. The Balaban J connectivity index is 1.02. The van der Waals surface area contributed by atoms with Crippen LogP contribution in [0.5, 0.6) is 5.75 Å². The van der Waals surface area contributed by atoms with Crippen molar-refractivity contribution in [3.63, 3.8) is 0 Å². The van der Waals surface area contributed by atoms with Gasteiger partial charge in [-0.25, -0.2) is 4.98 Å². The number of fused-ring (bicyclic) bond motifs is 2. The number of nitrogens with one attached hydrogen (secondary N) is 1. The van der Waals surface area contributed by atoms with Crippen molar-refractivity contribution in [2.75, 3.05) is 44.6 Å². The molecule has 5 aromatic rings. The number of nitrogens with zero attached hydrogens (tertiary/aromatic N) is 7. The molecule has 0 atom stereocenters. The Bertz CT molecular complexity index is 1800. The number of carbonyl (C=O) groups is 1. The van der Waals surface area contributed by atoms with Crippen molar-refractivity contribution in [2.24, 2.45) is 0 Å². The molecule has 7 rings (SSSR count). The maximum atomic E-state index is 15.2. The monoisotopic (exact) mass is 596 g/mol. The molecule has 4 aromatic heterocycles. The van der Waals surface area contributed by atoms with E-state index in [1.54, 1.807) is 33.5 Å². The van der Waals surface area contributed by atoms with E-state index in [0.29, 0.717) is 53.4 Å². The molecule has 1 saturated heterocycles. The van der Waals surface area contributed by atoms with Gasteiger partial charge in [0.05, 0.1) is 35.0 Å². The lowest BCUT2D eigenvalue weighted by Gasteiger charge is -2.36. The minimum absolute atomic E-state index is 0.259. The summed E-state index contributed by atoms with van der Waals surface area (Å²) in [6.45, 7) is 10.5. The molecule has 1 saturated carbocycles. The van der Waals surface area contributed by atoms with E-state index in [1.165, 1.54) is 6.20 Å². The SMILES string of the molecule is CC(C)N1CCN(CCOc2ccn3c(C(=O)Nc4cccc5c4c(F)nn5Cc4cccc(C5CC5)n4)cnc3c2)CC1. The Hall–Kier alpha value is -4.35. The topological polar surface area (TPSA) is 92.8 Å². The van der Waals surface area contributed by atoms with Gasteiger partial charge < -0.3 is 10.1 Å². The van der Waals surface area contributed by atoms with Gasteiger partial charge in [-0.05, 0) is 57.0 Å². The highest BCUT2D eigenvalue weighted by molar-refractivity contribution is 6.08. The van der Waals surface area contributed by atoms with Crippen LogP contribution in [0.4, 0.5) is 10.1 Å². The van der Waals surface area contributed by atoms with Gasteiger partial charge in [-0.1, -0.05) is 12.1 Å². The van der Waals surface area contributed by atoms with Crippen LogP contribution in [0.15, 0.2) is 60.9 Å². The molecule has 11 heteroatoms. The molecular weight excluding hydrogens is 559 g/mol. The summed E-state index contributed by atoms with van der Waals surface area (Å²) in [6, 6.07) is 15.5. The third-order valence-electron chi connectivity index (χ3n) is 8.65. The van der Waals surface area contributed by atoms with E-state index in [2.05, 4.69) is 39.0 Å². The van der Waals surface area contributed by atoms with Crippen LogP contribution in [0.2, 0.25) is 0 Å². The van der Waals surface area contributed by atoms with Gasteiger partial charge in [0.1, 0.15) is 23.7 Å². The number of piperazine rings is 1. The fraction of sp³-hybridized carbons (Fsp3) is 0.394. The van der Waals surface area contributed by atoms with Crippen LogP contribution in [-0.2, 0) is 6.54 Å². The van der Waals surface area contributed by atoms with Crippen molar-refractivity contribution in [3.8, 4) is 5.75 Å². The van der Waals surface area contributed by atoms with E-state index in [1.807, 2.05) is 30.3 Å². The normalized spacial score (nSPS) is 16.3. The number of halogens is 1. The zero-order valence-corrected chi connectivity index (χ0v) is 25.1. The Morgan fingerprint density at radius 3 is 2.70 bits per heavy atom. The number of aromatic nitrogens is 5. The summed E-state index contributed by atoms with van der Waals surface area (Å²) in [7, 11) is 0. The van der Waals surface area contributed by atoms with Crippen LogP contribution in [0.25, 0.3) is 16.6 Å². The first-order valence-electron chi connectivity index (χ1n) is 15.4. The first-order valence-corrected chi connectivity index (χ1v) is 15.4. The third-order valence-corrected chi connectivity index (χ3v) is 8.65. The molecule has 0 bridgehead atoms. The van der Waals surface area contributed by atoms with Crippen molar-refractivity contribution in [1.82, 2.24) is 33.9 Å². The van der Waals surface area contributed by atoms with Gasteiger partial charge in [-0.3, -0.25) is 28.7 Å². The minimum atomic E-state index is -0.643. The van der Waals surface area contributed by atoms with Crippen LogP contribution in [-0.4, -0.2) is 85.2 Å². The van der Waals surface area contributed by atoms with Gasteiger partial charge in [0.15, 0.2) is 0 Å². The number of ether oxygens (including phenoxy) is 1. The standard InChI is InChI=1S/C33H37FN8O2/c1-22(2)40-15-13-39(14-16-40)17-18-44-25-11-12-41-29(20-35-30(41)19-25)33(43)37-27-7-4-8-28-31(27)32(34)38-42(28)21-24-5-3-6-26(36-24)23-9-10-23/h3-8,11-12,19-20,22-23H,9-10,13-18,21H2,1-2H3,(H,37,43). The first kappa shape index (κ1) is 28.4. The van der Waals surface area contributed by atoms with Crippen LogP contribution >= 0.6 is 0 Å². The minimum Gasteiger partial charge on any atom is -0.492 e. The van der Waals surface area contributed by atoms with E-state index in [4.69, 9.17) is 9.72 Å². The molecule has 1 aliphatic heterocycles. The van der Waals surface area contributed by atoms with Crippen LogP contribution in [0.1, 0.15) is 54.5 Å². The molecule has 5 heterocycles. The number of pyridine rings is 2. The zero-order valence-electron chi connectivity index (χ0n) is 25.1. The van der Waals surface area contributed by atoms with Crippen LogP contribution in [0.3, 0.4) is 0 Å². The zero-order chi connectivity index (χ0) is 30.2. The Kier molecular flexibility index (Phi) is 7.73. The molecule has 2 aliphatic rings. The van der Waals surface area contributed by atoms with Crippen molar-refractivity contribution in [2.45, 2.75) is 45.2 Å². The second kappa shape index (κ2) is 12.0. The van der Waals surface area contributed by atoms with Gasteiger partial charge >= 0.3 is 0 Å². The Morgan fingerprint density at radius 2 is 1.91 bits per heavy atom. The summed E-state index contributed by atoms with van der Waals surface area (Å²) in [5.41, 5.74) is 3.76. The van der Waals surface area contributed by atoms with Gasteiger partial charge in [-0.15, -0.1) is 5.10 Å². The van der Waals surface area contributed by atoms with Gasteiger partial charge in [0.25, 0.3) is 5.91 Å². The lowest BCUT2D eigenvalue weighted by atomic mass is 10.2. The van der Waals surface area contributed by atoms with Gasteiger partial charge in [0, 0.05) is 62.6 Å². The third kappa shape index (κ3) is 5.89. The maximum Gasteiger partial charge on any atom is 0.274 e. The lowest BCUT2D eigenvalue weighted by molar-refractivity contribution is 0.0971. The number of anilines is 1.